The number of carbonyl (C=O) groups excluding carboxylic acids is 1. The molecule has 1 aromatic carbocycles. The Labute approximate surface area is 135 Å². The summed E-state index contributed by atoms with van der Waals surface area (Å²) in [4.78, 5) is 12.3. The minimum Gasteiger partial charge on any atom is -0.486 e. The molecule has 0 aliphatic heterocycles. The van der Waals surface area contributed by atoms with Crippen LogP contribution in [0.25, 0.3) is 0 Å². The third kappa shape index (κ3) is 3.88. The maximum Gasteiger partial charge on any atom is 0.255 e. The molecule has 2 aromatic rings. The van der Waals surface area contributed by atoms with Crippen LogP contribution in [0, 0.1) is 19.7 Å². The van der Waals surface area contributed by atoms with Crippen molar-refractivity contribution in [3.05, 3.63) is 47.0 Å². The van der Waals surface area contributed by atoms with Crippen LogP contribution in [-0.4, -0.2) is 28.3 Å². The van der Waals surface area contributed by atoms with Gasteiger partial charge in [-0.2, -0.15) is 5.10 Å². The van der Waals surface area contributed by atoms with Gasteiger partial charge in [0.25, 0.3) is 5.91 Å². The molecule has 1 aromatic heterocycles. The number of ether oxygens (including phenoxy) is 1. The Morgan fingerprint density at radius 2 is 2.09 bits per heavy atom. The summed E-state index contributed by atoms with van der Waals surface area (Å²) in [6.07, 6.45) is 0.354. The molecule has 1 atom stereocenters. The number of nitrogens with zero attached hydrogens (tertiary/aromatic N) is 2. The molecule has 2 rings (SSSR count). The third-order valence-corrected chi connectivity index (χ3v) is 3.81. The molecule has 0 bridgehead atoms. The molecule has 0 saturated heterocycles. The lowest BCUT2D eigenvalue weighted by atomic mass is 10.1. The summed E-state index contributed by atoms with van der Waals surface area (Å²) in [6, 6.07) is 6.25. The smallest absolute Gasteiger partial charge is 0.255 e. The fourth-order valence-electron chi connectivity index (χ4n) is 2.39. The van der Waals surface area contributed by atoms with Gasteiger partial charge >= 0.3 is 0 Å². The van der Waals surface area contributed by atoms with E-state index in [9.17, 15) is 9.18 Å². The standard InChI is InChI=1S/C17H22FN3O2/c1-5-13(23-15-9-7-6-8-14(15)18)10-19-17(22)16-11(2)20-21(4)12(16)3/h6-9,13H,5,10H2,1-4H3,(H,19,22)/t13-/m1/s1. The van der Waals surface area contributed by atoms with E-state index in [0.717, 1.165) is 5.69 Å². The Morgan fingerprint density at radius 3 is 2.65 bits per heavy atom. The average Bonchev–Trinajstić information content (AvgIpc) is 2.78. The first-order valence-corrected chi connectivity index (χ1v) is 7.63. The third-order valence-electron chi connectivity index (χ3n) is 3.81. The highest BCUT2D eigenvalue weighted by Gasteiger charge is 2.19. The summed E-state index contributed by atoms with van der Waals surface area (Å²) in [5, 5.41) is 7.08. The molecule has 0 saturated carbocycles. The summed E-state index contributed by atoms with van der Waals surface area (Å²) in [5.41, 5.74) is 2.07. The second-order valence-electron chi connectivity index (χ2n) is 5.46. The van der Waals surface area contributed by atoms with Gasteiger partial charge in [0.2, 0.25) is 0 Å². The SMILES string of the molecule is CC[C@H](CNC(=O)c1c(C)nn(C)c1C)Oc1ccccc1F. The van der Waals surface area contributed by atoms with Gasteiger partial charge in [-0.25, -0.2) is 4.39 Å². The zero-order valence-electron chi connectivity index (χ0n) is 13.9. The largest absolute Gasteiger partial charge is 0.486 e. The van der Waals surface area contributed by atoms with Crippen molar-refractivity contribution in [2.45, 2.75) is 33.3 Å². The van der Waals surface area contributed by atoms with Crippen molar-refractivity contribution in [2.24, 2.45) is 7.05 Å². The highest BCUT2D eigenvalue weighted by molar-refractivity contribution is 5.96. The van der Waals surface area contributed by atoms with Crippen LogP contribution in [0.1, 0.15) is 35.1 Å². The normalized spacial score (nSPS) is 12.0. The van der Waals surface area contributed by atoms with Crippen molar-refractivity contribution < 1.29 is 13.9 Å². The molecular formula is C17H22FN3O2. The van der Waals surface area contributed by atoms with Crippen LogP contribution in [-0.2, 0) is 7.05 Å². The predicted octanol–water partition coefficient (Wildman–Crippen LogP) is 2.76. The predicted molar refractivity (Wildman–Crippen MR) is 86.1 cm³/mol. The molecule has 5 nitrogen and oxygen atoms in total. The lowest BCUT2D eigenvalue weighted by molar-refractivity contribution is 0.0923. The second-order valence-corrected chi connectivity index (χ2v) is 5.46. The molecule has 1 N–H and O–H groups in total. The lowest BCUT2D eigenvalue weighted by Crippen LogP contribution is -2.35. The summed E-state index contributed by atoms with van der Waals surface area (Å²) in [7, 11) is 1.80. The van der Waals surface area contributed by atoms with Gasteiger partial charge in [0.05, 0.1) is 17.8 Å². The molecule has 0 aliphatic carbocycles. The van der Waals surface area contributed by atoms with Crippen LogP contribution in [0.15, 0.2) is 24.3 Å². The number of amides is 1. The van der Waals surface area contributed by atoms with Crippen molar-refractivity contribution in [3.63, 3.8) is 0 Å². The van der Waals surface area contributed by atoms with Crippen LogP contribution in [0.5, 0.6) is 5.75 Å². The maximum atomic E-state index is 13.6. The van der Waals surface area contributed by atoms with Crippen LogP contribution in [0.3, 0.4) is 0 Å². The van der Waals surface area contributed by atoms with E-state index >= 15 is 0 Å². The van der Waals surface area contributed by atoms with Crippen molar-refractivity contribution in [2.75, 3.05) is 6.54 Å². The minimum absolute atomic E-state index is 0.191. The van der Waals surface area contributed by atoms with E-state index in [0.29, 0.717) is 24.2 Å². The van der Waals surface area contributed by atoms with Gasteiger partial charge in [-0.3, -0.25) is 9.48 Å². The van der Waals surface area contributed by atoms with Crippen LogP contribution >= 0.6 is 0 Å². The number of aryl methyl sites for hydroxylation is 2. The van der Waals surface area contributed by atoms with E-state index in [2.05, 4.69) is 10.4 Å². The molecular weight excluding hydrogens is 297 g/mol. The van der Waals surface area contributed by atoms with E-state index in [-0.39, 0.29) is 17.8 Å². The van der Waals surface area contributed by atoms with Gasteiger partial charge in [-0.1, -0.05) is 19.1 Å². The summed E-state index contributed by atoms with van der Waals surface area (Å²) in [6.45, 7) is 5.88. The van der Waals surface area contributed by atoms with Gasteiger partial charge in [-0.15, -0.1) is 0 Å². The Bertz CT molecular complexity index is 697. The Hall–Kier alpha value is -2.37. The Balaban J connectivity index is 2.00. The molecule has 6 heteroatoms. The number of benzene rings is 1. The van der Waals surface area contributed by atoms with Crippen LogP contribution in [0.4, 0.5) is 4.39 Å². The van der Waals surface area contributed by atoms with Gasteiger partial charge in [-0.05, 0) is 32.4 Å². The van der Waals surface area contributed by atoms with E-state index < -0.39 is 5.82 Å². The molecule has 23 heavy (non-hydrogen) atoms. The quantitative estimate of drug-likeness (QED) is 0.891. The monoisotopic (exact) mass is 319 g/mol. The molecule has 0 radical (unpaired) electrons. The summed E-state index contributed by atoms with van der Waals surface area (Å²) in [5.74, 6) is -0.401. The number of nitrogens with one attached hydrogen (secondary N) is 1. The zero-order chi connectivity index (χ0) is 17.0. The highest BCUT2D eigenvalue weighted by Crippen LogP contribution is 2.18. The number of hydrogen-bond donors (Lipinski definition) is 1. The molecule has 0 fully saturated rings. The number of hydrogen-bond acceptors (Lipinski definition) is 3. The van der Waals surface area contributed by atoms with Crippen LogP contribution in [0.2, 0.25) is 0 Å². The first-order valence-electron chi connectivity index (χ1n) is 7.63. The van der Waals surface area contributed by atoms with Gasteiger partial charge in [0.15, 0.2) is 11.6 Å². The van der Waals surface area contributed by atoms with Crippen molar-refractivity contribution in [1.29, 1.82) is 0 Å². The first kappa shape index (κ1) is 17.0. The topological polar surface area (TPSA) is 56.2 Å². The van der Waals surface area contributed by atoms with E-state index in [4.69, 9.17) is 4.74 Å². The number of aromatic nitrogens is 2. The van der Waals surface area contributed by atoms with Gasteiger partial charge < -0.3 is 10.1 Å². The molecule has 1 heterocycles. The summed E-state index contributed by atoms with van der Waals surface area (Å²) < 4.78 is 20.9. The maximum absolute atomic E-state index is 13.6. The zero-order valence-corrected chi connectivity index (χ0v) is 13.9. The molecule has 0 spiro atoms. The number of para-hydroxylation sites is 1. The van der Waals surface area contributed by atoms with E-state index in [1.807, 2.05) is 13.8 Å². The highest BCUT2D eigenvalue weighted by atomic mass is 19.1. The fraction of sp³-hybridized carbons (Fsp3) is 0.412. The second kappa shape index (κ2) is 7.26. The molecule has 124 valence electrons. The molecule has 1 amide bonds. The number of halogens is 1. The van der Waals surface area contributed by atoms with E-state index in [1.165, 1.54) is 6.07 Å². The average molecular weight is 319 g/mol. The van der Waals surface area contributed by atoms with Crippen molar-refractivity contribution in [3.8, 4) is 5.75 Å². The summed E-state index contributed by atoms with van der Waals surface area (Å²) >= 11 is 0. The lowest BCUT2D eigenvalue weighted by Gasteiger charge is -2.18. The minimum atomic E-state index is -0.406. The van der Waals surface area contributed by atoms with Crippen LogP contribution < -0.4 is 10.1 Å². The van der Waals surface area contributed by atoms with Gasteiger partial charge in [0.1, 0.15) is 6.10 Å². The van der Waals surface area contributed by atoms with E-state index in [1.54, 1.807) is 36.9 Å². The Kier molecular flexibility index (Phi) is 5.36. The van der Waals surface area contributed by atoms with Gasteiger partial charge in [0, 0.05) is 12.7 Å². The number of rotatable bonds is 6. The first-order chi connectivity index (χ1) is 10.9. The molecule has 0 unspecified atom stereocenters. The molecule has 0 aliphatic rings. The number of carbonyl (C=O) groups is 1. The van der Waals surface area contributed by atoms with Crippen molar-refractivity contribution in [1.82, 2.24) is 15.1 Å². The fourth-order valence-corrected chi connectivity index (χ4v) is 2.39. The Morgan fingerprint density at radius 1 is 1.39 bits per heavy atom. The van der Waals surface area contributed by atoms with Crippen molar-refractivity contribution >= 4 is 5.91 Å².